The number of unbranched alkanes of at least 4 members (excludes halogenated alkanes) is 5. The Labute approximate surface area is 91.6 Å². The van der Waals surface area contributed by atoms with Crippen molar-refractivity contribution in [1.29, 1.82) is 0 Å². The smallest absolute Gasteiger partial charge is 0.218 e. The minimum absolute atomic E-state index is 0.555. The molecular weight excluding hydrogens is 287 g/mol. The fraction of sp³-hybridized carbons (Fsp3) is 1.00. The molecule has 0 saturated heterocycles. The number of alkyl halides is 3. The zero-order valence-corrected chi connectivity index (χ0v) is 10.8. The van der Waals surface area contributed by atoms with E-state index in [2.05, 4.69) is 38.8 Å². The normalized spacial score (nSPS) is 12.0. The van der Waals surface area contributed by atoms with Gasteiger partial charge in [-0.05, 0) is 38.3 Å². The summed E-state index contributed by atoms with van der Waals surface area (Å²) in [7, 11) is 0. The molecule has 0 heterocycles. The van der Waals surface area contributed by atoms with Crippen molar-refractivity contribution >= 4 is 31.9 Å². The molecular formula is C9H17Br2F. The van der Waals surface area contributed by atoms with Gasteiger partial charge in [-0.1, -0.05) is 39.0 Å². The first-order valence-electron chi connectivity index (χ1n) is 4.63. The van der Waals surface area contributed by atoms with Gasteiger partial charge in [0.1, 0.15) is 0 Å². The van der Waals surface area contributed by atoms with Crippen molar-refractivity contribution < 1.29 is 4.39 Å². The second kappa shape index (κ2) is 7.31. The molecule has 0 fully saturated rings. The lowest BCUT2D eigenvalue weighted by Gasteiger charge is -2.08. The van der Waals surface area contributed by atoms with Crippen molar-refractivity contribution in [3.05, 3.63) is 0 Å². The quantitative estimate of drug-likeness (QED) is 0.451. The zero-order chi connectivity index (χ0) is 9.45. The largest absolute Gasteiger partial charge is 0.219 e. The van der Waals surface area contributed by atoms with E-state index in [0.29, 0.717) is 6.42 Å². The van der Waals surface area contributed by atoms with Crippen LogP contribution in [0.5, 0.6) is 0 Å². The summed E-state index contributed by atoms with van der Waals surface area (Å²) in [6, 6.07) is 0. The number of hydrogen-bond donors (Lipinski definition) is 0. The third kappa shape index (κ3) is 10.9. The van der Waals surface area contributed by atoms with Crippen molar-refractivity contribution in [2.75, 3.05) is 0 Å². The van der Waals surface area contributed by atoms with E-state index in [1.165, 1.54) is 25.7 Å². The van der Waals surface area contributed by atoms with Crippen LogP contribution in [0.3, 0.4) is 0 Å². The fourth-order valence-electron chi connectivity index (χ4n) is 1.11. The molecule has 0 amide bonds. The van der Waals surface area contributed by atoms with E-state index in [-0.39, 0.29) is 0 Å². The molecule has 0 nitrogen and oxygen atoms in total. The second-order valence-electron chi connectivity index (χ2n) is 3.13. The van der Waals surface area contributed by atoms with Crippen LogP contribution >= 0.6 is 31.9 Å². The maximum absolute atomic E-state index is 12.8. The summed E-state index contributed by atoms with van der Waals surface area (Å²) in [5, 5.41) is 0. The Morgan fingerprint density at radius 1 is 1.00 bits per heavy atom. The van der Waals surface area contributed by atoms with Crippen molar-refractivity contribution in [2.24, 2.45) is 0 Å². The van der Waals surface area contributed by atoms with Crippen LogP contribution in [0.2, 0.25) is 0 Å². The Balaban J connectivity index is 3.01. The predicted octanol–water partition coefficient (Wildman–Crippen LogP) is 5.15. The van der Waals surface area contributed by atoms with Crippen molar-refractivity contribution in [3.63, 3.8) is 0 Å². The van der Waals surface area contributed by atoms with E-state index in [9.17, 15) is 4.39 Å². The molecule has 0 unspecified atom stereocenters. The third-order valence-electron chi connectivity index (χ3n) is 1.81. The third-order valence-corrected chi connectivity index (χ3v) is 2.61. The molecule has 0 atom stereocenters. The average molecular weight is 304 g/mol. The zero-order valence-electron chi connectivity index (χ0n) is 7.58. The summed E-state index contributed by atoms with van der Waals surface area (Å²) >= 11 is 5.82. The van der Waals surface area contributed by atoms with Gasteiger partial charge in [-0.3, -0.25) is 0 Å². The fourth-order valence-corrected chi connectivity index (χ4v) is 1.67. The van der Waals surface area contributed by atoms with E-state index in [1.54, 1.807) is 0 Å². The predicted molar refractivity (Wildman–Crippen MR) is 59.7 cm³/mol. The van der Waals surface area contributed by atoms with Gasteiger partial charge < -0.3 is 0 Å². The molecule has 0 aliphatic rings. The van der Waals surface area contributed by atoms with Crippen molar-refractivity contribution in [2.45, 2.75) is 55.4 Å². The van der Waals surface area contributed by atoms with Gasteiger partial charge in [0.25, 0.3) is 0 Å². The van der Waals surface area contributed by atoms with Gasteiger partial charge in [0.15, 0.2) is 0 Å². The summed E-state index contributed by atoms with van der Waals surface area (Å²) < 4.78 is 11.5. The highest BCUT2D eigenvalue weighted by Gasteiger charge is 2.18. The maximum Gasteiger partial charge on any atom is 0.218 e. The molecule has 0 radical (unpaired) electrons. The first-order chi connectivity index (χ1) is 5.56. The Hall–Kier alpha value is 0.890. The molecule has 0 saturated carbocycles. The van der Waals surface area contributed by atoms with Gasteiger partial charge in [-0.25, -0.2) is 4.39 Å². The van der Waals surface area contributed by atoms with Crippen molar-refractivity contribution in [1.82, 2.24) is 0 Å². The first-order valence-corrected chi connectivity index (χ1v) is 6.21. The molecule has 0 rings (SSSR count). The Kier molecular flexibility index (Phi) is 7.85. The Morgan fingerprint density at radius 2 is 1.50 bits per heavy atom. The number of hydrogen-bond acceptors (Lipinski definition) is 0. The highest BCUT2D eigenvalue weighted by molar-refractivity contribution is 9.25. The summed E-state index contributed by atoms with van der Waals surface area (Å²) in [4.78, 5) is 0. The molecule has 0 aromatic carbocycles. The molecule has 12 heavy (non-hydrogen) atoms. The maximum atomic E-state index is 12.8. The van der Waals surface area contributed by atoms with E-state index in [0.717, 1.165) is 12.8 Å². The number of halogens is 3. The lowest BCUT2D eigenvalue weighted by atomic mass is 10.1. The first kappa shape index (κ1) is 12.9. The van der Waals surface area contributed by atoms with Crippen LogP contribution in [0.4, 0.5) is 4.39 Å². The van der Waals surface area contributed by atoms with Crippen LogP contribution in [0.15, 0.2) is 0 Å². The van der Waals surface area contributed by atoms with E-state index in [1.807, 2.05) is 0 Å². The Bertz CT molecular complexity index is 99.2. The molecule has 0 aliphatic carbocycles. The van der Waals surface area contributed by atoms with E-state index < -0.39 is 3.49 Å². The van der Waals surface area contributed by atoms with Crippen LogP contribution in [0.1, 0.15) is 51.9 Å². The van der Waals surface area contributed by atoms with Crippen LogP contribution in [0, 0.1) is 0 Å². The standard InChI is InChI=1S/C9H17Br2F/c1-2-3-4-5-6-7-8-9(10,11)12/h2-8H2,1H3. The molecule has 0 aromatic heterocycles. The topological polar surface area (TPSA) is 0 Å². The summed E-state index contributed by atoms with van der Waals surface area (Å²) in [6.07, 6.45) is 7.76. The van der Waals surface area contributed by atoms with Crippen LogP contribution in [-0.4, -0.2) is 3.49 Å². The van der Waals surface area contributed by atoms with Gasteiger partial charge >= 0.3 is 0 Å². The van der Waals surface area contributed by atoms with Crippen LogP contribution in [-0.2, 0) is 0 Å². The lowest BCUT2D eigenvalue weighted by Crippen LogP contribution is -2.00. The molecule has 3 heteroatoms. The SMILES string of the molecule is CCCCCCCCC(F)(Br)Br. The highest BCUT2D eigenvalue weighted by Crippen LogP contribution is 2.33. The van der Waals surface area contributed by atoms with E-state index in [4.69, 9.17) is 0 Å². The monoisotopic (exact) mass is 302 g/mol. The van der Waals surface area contributed by atoms with E-state index >= 15 is 0 Å². The number of rotatable bonds is 7. The van der Waals surface area contributed by atoms with Crippen molar-refractivity contribution in [3.8, 4) is 0 Å². The van der Waals surface area contributed by atoms with Gasteiger partial charge in [0, 0.05) is 6.42 Å². The summed E-state index contributed by atoms with van der Waals surface area (Å²) in [6.45, 7) is 2.20. The average Bonchev–Trinajstić information content (AvgIpc) is 1.94. The summed E-state index contributed by atoms with van der Waals surface area (Å²) in [5.74, 6) is 0. The molecule has 0 spiro atoms. The minimum atomic E-state index is -1.33. The summed E-state index contributed by atoms with van der Waals surface area (Å²) in [5.41, 5.74) is 0. The lowest BCUT2D eigenvalue weighted by molar-refractivity contribution is 0.391. The van der Waals surface area contributed by atoms with Gasteiger partial charge in [0.05, 0.1) is 0 Å². The molecule has 74 valence electrons. The van der Waals surface area contributed by atoms with Gasteiger partial charge in [-0.2, -0.15) is 0 Å². The molecule has 0 N–H and O–H groups in total. The van der Waals surface area contributed by atoms with Crippen LogP contribution < -0.4 is 0 Å². The molecule has 0 aliphatic heterocycles. The second-order valence-corrected chi connectivity index (χ2v) is 6.71. The minimum Gasteiger partial charge on any atom is -0.219 e. The highest BCUT2D eigenvalue weighted by atomic mass is 79.9. The van der Waals surface area contributed by atoms with Crippen LogP contribution in [0.25, 0.3) is 0 Å². The molecule has 0 bridgehead atoms. The molecule has 0 aromatic rings. The van der Waals surface area contributed by atoms with Gasteiger partial charge in [0.2, 0.25) is 3.49 Å². The Morgan fingerprint density at radius 3 is 2.00 bits per heavy atom. The van der Waals surface area contributed by atoms with Gasteiger partial charge in [-0.15, -0.1) is 0 Å².